The summed E-state index contributed by atoms with van der Waals surface area (Å²) in [5, 5.41) is 22.6. The van der Waals surface area contributed by atoms with Gasteiger partial charge in [-0.2, -0.15) is 0 Å². The van der Waals surface area contributed by atoms with Crippen molar-refractivity contribution in [2.45, 2.75) is 33.2 Å². The third-order valence-electron chi connectivity index (χ3n) is 4.68. The van der Waals surface area contributed by atoms with Crippen LogP contribution < -0.4 is 10.9 Å². The van der Waals surface area contributed by atoms with Crippen LogP contribution in [0.25, 0.3) is 21.6 Å². The van der Waals surface area contributed by atoms with Gasteiger partial charge in [-0.15, -0.1) is 21.5 Å². The smallest absolute Gasteiger partial charge is 0.337 e. The van der Waals surface area contributed by atoms with Gasteiger partial charge in [0.1, 0.15) is 22.2 Å². The molecule has 164 valence electrons. The Morgan fingerprint density at radius 1 is 1.25 bits per heavy atom. The number of carbonyl (C=O) groups is 2. The van der Waals surface area contributed by atoms with Gasteiger partial charge in [0, 0.05) is 16.9 Å². The molecule has 0 atom stereocenters. The summed E-state index contributed by atoms with van der Waals surface area (Å²) >= 11 is 2.35. The lowest BCUT2D eigenvalue weighted by atomic mass is 10.1. The van der Waals surface area contributed by atoms with E-state index in [1.54, 1.807) is 6.07 Å². The fourth-order valence-corrected chi connectivity index (χ4v) is 4.82. The molecule has 2 N–H and O–H groups in total. The molecular weight excluding hydrogens is 450 g/mol. The summed E-state index contributed by atoms with van der Waals surface area (Å²) in [6.45, 7) is 5.51. The van der Waals surface area contributed by atoms with Crippen LogP contribution in [0.2, 0.25) is 0 Å². The quantitative estimate of drug-likeness (QED) is 0.440. The van der Waals surface area contributed by atoms with Crippen LogP contribution in [0, 0.1) is 6.92 Å². The number of benzene rings is 1. The Balaban J connectivity index is 1.79. The van der Waals surface area contributed by atoms with Crippen molar-refractivity contribution in [3.8, 4) is 11.4 Å². The van der Waals surface area contributed by atoms with Gasteiger partial charge in [-0.25, -0.2) is 9.78 Å². The highest BCUT2D eigenvalue weighted by Gasteiger charge is 2.22. The third kappa shape index (κ3) is 4.16. The SMILES string of the molecule is Cc1cccc(-c2nc3scc(C(=O)O)c3c(=O)n2CC(=O)Nc2nnc(C(C)C)s2)c1. The zero-order valence-corrected chi connectivity index (χ0v) is 19.1. The second kappa shape index (κ2) is 8.60. The lowest BCUT2D eigenvalue weighted by molar-refractivity contribution is -0.116. The number of rotatable bonds is 6. The molecule has 1 amide bonds. The Bertz CT molecular complexity index is 1400. The lowest BCUT2D eigenvalue weighted by Crippen LogP contribution is -2.30. The van der Waals surface area contributed by atoms with E-state index in [9.17, 15) is 19.5 Å². The number of nitrogens with one attached hydrogen (secondary N) is 1. The molecule has 3 aromatic heterocycles. The molecule has 0 bridgehead atoms. The molecule has 0 aliphatic rings. The predicted octanol–water partition coefficient (Wildman–Crippen LogP) is 3.75. The van der Waals surface area contributed by atoms with Crippen molar-refractivity contribution in [2.24, 2.45) is 0 Å². The van der Waals surface area contributed by atoms with E-state index in [1.807, 2.05) is 39.0 Å². The number of amides is 1. The van der Waals surface area contributed by atoms with Crippen molar-refractivity contribution in [1.82, 2.24) is 19.7 Å². The number of carbonyl (C=O) groups excluding carboxylic acids is 1. The van der Waals surface area contributed by atoms with Crippen molar-refractivity contribution in [3.63, 3.8) is 0 Å². The molecule has 4 aromatic rings. The first kappa shape index (κ1) is 21.8. The van der Waals surface area contributed by atoms with E-state index in [0.717, 1.165) is 21.9 Å². The second-order valence-electron chi connectivity index (χ2n) is 7.48. The van der Waals surface area contributed by atoms with Gasteiger partial charge in [0.2, 0.25) is 11.0 Å². The van der Waals surface area contributed by atoms with E-state index >= 15 is 0 Å². The maximum absolute atomic E-state index is 13.3. The number of fused-ring (bicyclic) bond motifs is 1. The summed E-state index contributed by atoms with van der Waals surface area (Å²) in [7, 11) is 0. The summed E-state index contributed by atoms with van der Waals surface area (Å²) in [5.74, 6) is -1.24. The molecule has 0 saturated carbocycles. The first-order valence-electron chi connectivity index (χ1n) is 9.70. The number of carboxylic acid groups (broad SMARTS) is 1. The molecule has 32 heavy (non-hydrogen) atoms. The highest BCUT2D eigenvalue weighted by molar-refractivity contribution is 7.17. The molecule has 0 radical (unpaired) electrons. The summed E-state index contributed by atoms with van der Waals surface area (Å²) in [5.41, 5.74) is 0.902. The van der Waals surface area contributed by atoms with Crippen molar-refractivity contribution in [1.29, 1.82) is 0 Å². The molecule has 9 nitrogen and oxygen atoms in total. The number of aryl methyl sites for hydroxylation is 1. The Morgan fingerprint density at radius 3 is 2.69 bits per heavy atom. The minimum absolute atomic E-state index is 0.00953. The monoisotopic (exact) mass is 469 g/mol. The summed E-state index contributed by atoms with van der Waals surface area (Å²) in [6, 6.07) is 7.39. The number of hydrogen-bond acceptors (Lipinski definition) is 8. The molecule has 3 heterocycles. The van der Waals surface area contributed by atoms with Gasteiger partial charge in [0.25, 0.3) is 5.56 Å². The van der Waals surface area contributed by atoms with Gasteiger partial charge in [-0.1, -0.05) is 48.9 Å². The van der Waals surface area contributed by atoms with Gasteiger partial charge < -0.3 is 5.11 Å². The molecule has 0 spiro atoms. The Morgan fingerprint density at radius 2 is 2.03 bits per heavy atom. The fraction of sp³-hybridized carbons (Fsp3) is 0.238. The highest BCUT2D eigenvalue weighted by Crippen LogP contribution is 2.26. The number of nitrogens with zero attached hydrogens (tertiary/aromatic N) is 4. The van der Waals surface area contributed by atoms with E-state index in [0.29, 0.717) is 21.3 Å². The van der Waals surface area contributed by atoms with Gasteiger partial charge in [-0.3, -0.25) is 19.5 Å². The number of aromatic nitrogens is 4. The van der Waals surface area contributed by atoms with Crippen LogP contribution in [0.1, 0.15) is 40.7 Å². The molecule has 0 aliphatic carbocycles. The standard InChI is InChI=1S/C21H19N5O4S2/c1-10(2)17-24-25-21(32-17)22-14(27)8-26-16(12-6-4-5-11(3)7-12)23-18-15(19(26)28)13(9-31-18)20(29)30/h4-7,9-10H,8H2,1-3H3,(H,29,30)(H,22,25,27). The number of thiophene rings is 1. The zero-order chi connectivity index (χ0) is 23.0. The van der Waals surface area contributed by atoms with Gasteiger partial charge >= 0.3 is 5.97 Å². The first-order valence-corrected chi connectivity index (χ1v) is 11.4. The zero-order valence-electron chi connectivity index (χ0n) is 17.4. The van der Waals surface area contributed by atoms with E-state index in [1.165, 1.54) is 21.3 Å². The number of anilines is 1. The summed E-state index contributed by atoms with van der Waals surface area (Å²) < 4.78 is 1.20. The Labute approximate surface area is 190 Å². The van der Waals surface area contributed by atoms with Crippen LogP contribution in [0.15, 0.2) is 34.4 Å². The summed E-state index contributed by atoms with van der Waals surface area (Å²) in [4.78, 5) is 42.6. The van der Waals surface area contributed by atoms with Gasteiger partial charge in [0.05, 0.1) is 10.9 Å². The van der Waals surface area contributed by atoms with Crippen molar-refractivity contribution < 1.29 is 14.7 Å². The van der Waals surface area contributed by atoms with Gasteiger partial charge in [-0.05, 0) is 13.0 Å². The molecule has 4 rings (SSSR count). The van der Waals surface area contributed by atoms with Crippen LogP contribution in [-0.2, 0) is 11.3 Å². The maximum Gasteiger partial charge on any atom is 0.337 e. The molecular formula is C21H19N5O4S2. The topological polar surface area (TPSA) is 127 Å². The Hall–Kier alpha value is -3.44. The average Bonchev–Trinajstić information content (AvgIpc) is 3.37. The number of hydrogen-bond donors (Lipinski definition) is 2. The third-order valence-corrected chi connectivity index (χ3v) is 6.69. The minimum atomic E-state index is -1.22. The summed E-state index contributed by atoms with van der Waals surface area (Å²) in [6.07, 6.45) is 0. The van der Waals surface area contributed by atoms with Crippen LogP contribution in [0.4, 0.5) is 5.13 Å². The van der Waals surface area contributed by atoms with Crippen LogP contribution in [0.3, 0.4) is 0 Å². The molecule has 0 aliphatic heterocycles. The molecule has 0 unspecified atom stereocenters. The van der Waals surface area contributed by atoms with E-state index in [2.05, 4.69) is 20.5 Å². The number of carboxylic acids is 1. The minimum Gasteiger partial charge on any atom is -0.478 e. The van der Waals surface area contributed by atoms with Crippen molar-refractivity contribution in [2.75, 3.05) is 5.32 Å². The van der Waals surface area contributed by atoms with Crippen LogP contribution >= 0.6 is 22.7 Å². The van der Waals surface area contributed by atoms with Crippen molar-refractivity contribution >= 4 is 49.9 Å². The molecule has 0 saturated heterocycles. The maximum atomic E-state index is 13.3. The molecule has 1 aromatic carbocycles. The van der Waals surface area contributed by atoms with Gasteiger partial charge in [0.15, 0.2) is 0 Å². The largest absolute Gasteiger partial charge is 0.478 e. The van der Waals surface area contributed by atoms with Crippen LogP contribution in [-0.4, -0.2) is 36.7 Å². The second-order valence-corrected chi connectivity index (χ2v) is 9.35. The van der Waals surface area contributed by atoms with Crippen molar-refractivity contribution in [3.05, 3.63) is 56.1 Å². The molecule has 0 fully saturated rings. The molecule has 11 heteroatoms. The average molecular weight is 470 g/mol. The number of aromatic carboxylic acids is 1. The lowest BCUT2D eigenvalue weighted by Gasteiger charge is -2.13. The first-order chi connectivity index (χ1) is 15.2. The van der Waals surface area contributed by atoms with E-state index in [4.69, 9.17) is 0 Å². The predicted molar refractivity (Wildman–Crippen MR) is 124 cm³/mol. The van der Waals surface area contributed by atoms with E-state index < -0.39 is 17.4 Å². The highest BCUT2D eigenvalue weighted by atomic mass is 32.1. The van der Waals surface area contributed by atoms with Crippen LogP contribution in [0.5, 0.6) is 0 Å². The Kier molecular flexibility index (Phi) is 5.85. The normalized spacial score (nSPS) is 11.2. The van der Waals surface area contributed by atoms with E-state index in [-0.39, 0.29) is 23.4 Å². The fourth-order valence-electron chi connectivity index (χ4n) is 3.15.